The smallest absolute Gasteiger partial charge is 0.321 e. The van der Waals surface area contributed by atoms with Crippen molar-refractivity contribution in [2.24, 2.45) is 7.05 Å². The highest BCUT2D eigenvalue weighted by Crippen LogP contribution is 2.36. The Hall–Kier alpha value is -3.04. The summed E-state index contributed by atoms with van der Waals surface area (Å²) in [5, 5.41) is 2.34. The molecule has 0 spiro atoms. The van der Waals surface area contributed by atoms with Gasteiger partial charge in [-0.3, -0.25) is 9.59 Å². The molecular formula is C17H12F6N2O2. The first kappa shape index (κ1) is 20.3. The number of aryl methyl sites for hydroxylation is 1. The predicted octanol–water partition coefficient (Wildman–Crippen LogP) is 4.07. The molecule has 1 heterocycles. The molecule has 0 aliphatic carbocycles. The van der Waals surface area contributed by atoms with Gasteiger partial charge in [0.05, 0.1) is 16.8 Å². The lowest BCUT2D eigenvalue weighted by molar-refractivity contribution is -0.143. The maximum atomic E-state index is 12.8. The number of aromatic nitrogens is 1. The van der Waals surface area contributed by atoms with Crippen molar-refractivity contribution in [3.05, 3.63) is 69.6 Å². The maximum absolute atomic E-state index is 12.8. The number of rotatable bonds is 3. The van der Waals surface area contributed by atoms with Gasteiger partial charge in [0.2, 0.25) is 11.5 Å². The molecular weight excluding hydrogens is 378 g/mol. The summed E-state index contributed by atoms with van der Waals surface area (Å²) in [5.74, 6) is -0.792. The largest absolute Gasteiger partial charge is 0.416 e. The van der Waals surface area contributed by atoms with Gasteiger partial charge in [0, 0.05) is 25.4 Å². The van der Waals surface area contributed by atoms with E-state index in [4.69, 9.17) is 0 Å². The number of anilines is 1. The van der Waals surface area contributed by atoms with E-state index in [0.29, 0.717) is 12.1 Å². The normalized spacial score (nSPS) is 12.4. The molecule has 2 aromatic rings. The molecule has 0 fully saturated rings. The molecule has 1 aromatic heterocycles. The van der Waals surface area contributed by atoms with Gasteiger partial charge in [-0.1, -0.05) is 0 Å². The number of carbonyl (C=O) groups is 1. The van der Waals surface area contributed by atoms with Crippen molar-refractivity contribution < 1.29 is 31.1 Å². The number of alkyl halides is 6. The highest BCUT2D eigenvalue weighted by Gasteiger charge is 2.36. The summed E-state index contributed by atoms with van der Waals surface area (Å²) < 4.78 is 77.9. The summed E-state index contributed by atoms with van der Waals surface area (Å²) in [7, 11) is 1.44. The van der Waals surface area contributed by atoms with Crippen molar-refractivity contribution in [3.63, 3.8) is 0 Å². The van der Waals surface area contributed by atoms with Crippen LogP contribution in [-0.4, -0.2) is 10.5 Å². The maximum Gasteiger partial charge on any atom is 0.416 e. The Kier molecular flexibility index (Phi) is 5.48. The number of pyridine rings is 1. The van der Waals surface area contributed by atoms with Crippen LogP contribution in [0.4, 0.5) is 32.0 Å². The third-order valence-corrected chi connectivity index (χ3v) is 3.39. The molecule has 0 aliphatic heterocycles. The topological polar surface area (TPSA) is 51.1 Å². The fraction of sp³-hybridized carbons (Fsp3) is 0.176. The minimum atomic E-state index is -4.97. The quantitative estimate of drug-likeness (QED) is 0.635. The second-order valence-corrected chi connectivity index (χ2v) is 5.53. The number of nitrogens with zero attached hydrogens (tertiary/aromatic N) is 1. The van der Waals surface area contributed by atoms with Crippen molar-refractivity contribution in [2.75, 3.05) is 5.32 Å². The lowest BCUT2D eigenvalue weighted by Crippen LogP contribution is -2.16. The number of hydrogen-bond donors (Lipinski definition) is 1. The Labute approximate surface area is 148 Å². The van der Waals surface area contributed by atoms with Gasteiger partial charge in [-0.05, 0) is 35.9 Å². The van der Waals surface area contributed by atoms with E-state index in [0.717, 1.165) is 12.2 Å². The van der Waals surface area contributed by atoms with Crippen molar-refractivity contribution in [2.45, 2.75) is 12.4 Å². The van der Waals surface area contributed by atoms with Crippen LogP contribution in [0.2, 0.25) is 0 Å². The van der Waals surface area contributed by atoms with Crippen molar-refractivity contribution >= 4 is 17.7 Å². The van der Waals surface area contributed by atoms with Crippen LogP contribution >= 0.6 is 0 Å². The Bertz CT molecular complexity index is 909. The summed E-state index contributed by atoms with van der Waals surface area (Å²) in [6.07, 6.45) is -7.01. The summed E-state index contributed by atoms with van der Waals surface area (Å²) in [6, 6.07) is 3.50. The standard InChI is InChI=1S/C17H12F6N2O2/c1-25-9-13(3-5-15(25)27)24-14(26)4-2-10-6-11(16(18,19)20)8-12(7-10)17(21,22)23/h2-9H,1H3,(H,24,26)/b4-2+. The van der Waals surface area contributed by atoms with Gasteiger partial charge in [-0.15, -0.1) is 0 Å². The van der Waals surface area contributed by atoms with Gasteiger partial charge in [-0.2, -0.15) is 26.3 Å². The van der Waals surface area contributed by atoms with E-state index in [1.54, 1.807) is 0 Å². The Morgan fingerprint density at radius 2 is 1.56 bits per heavy atom. The fourth-order valence-corrected chi connectivity index (χ4v) is 2.10. The van der Waals surface area contributed by atoms with Crippen LogP contribution in [0.3, 0.4) is 0 Å². The minimum Gasteiger partial charge on any atom is -0.321 e. The molecule has 1 amide bonds. The highest BCUT2D eigenvalue weighted by molar-refractivity contribution is 6.01. The van der Waals surface area contributed by atoms with Crippen LogP contribution in [0.15, 0.2) is 47.4 Å². The summed E-state index contributed by atoms with van der Waals surface area (Å²) in [4.78, 5) is 23.1. The Morgan fingerprint density at radius 3 is 2.04 bits per heavy atom. The SMILES string of the molecule is Cn1cc(NC(=O)/C=C/c2cc(C(F)(F)F)cc(C(F)(F)F)c2)ccc1=O. The predicted molar refractivity (Wildman–Crippen MR) is 85.8 cm³/mol. The lowest BCUT2D eigenvalue weighted by Gasteiger charge is -2.12. The zero-order chi connectivity index (χ0) is 20.4. The van der Waals surface area contributed by atoms with Gasteiger partial charge in [0.1, 0.15) is 0 Å². The van der Waals surface area contributed by atoms with Gasteiger partial charge in [0.15, 0.2) is 0 Å². The number of nitrogens with one attached hydrogen (secondary N) is 1. The molecule has 0 atom stereocenters. The minimum absolute atomic E-state index is 0.00188. The van der Waals surface area contributed by atoms with Crippen LogP contribution in [0.1, 0.15) is 16.7 Å². The number of carbonyl (C=O) groups excluding carboxylic acids is 1. The fourth-order valence-electron chi connectivity index (χ4n) is 2.10. The van der Waals surface area contributed by atoms with E-state index in [-0.39, 0.29) is 17.3 Å². The molecule has 0 unspecified atom stereocenters. The number of amides is 1. The number of benzene rings is 1. The van der Waals surface area contributed by atoms with Gasteiger partial charge < -0.3 is 9.88 Å². The van der Waals surface area contributed by atoms with E-state index < -0.39 is 35.0 Å². The zero-order valence-electron chi connectivity index (χ0n) is 13.7. The molecule has 4 nitrogen and oxygen atoms in total. The summed E-state index contributed by atoms with van der Waals surface area (Å²) in [6.45, 7) is 0. The molecule has 0 bridgehead atoms. The first-order valence-electron chi connectivity index (χ1n) is 7.31. The highest BCUT2D eigenvalue weighted by atomic mass is 19.4. The molecule has 2 rings (SSSR count). The van der Waals surface area contributed by atoms with E-state index in [1.165, 1.54) is 29.9 Å². The Morgan fingerprint density at radius 1 is 1.00 bits per heavy atom. The first-order chi connectivity index (χ1) is 12.4. The molecule has 27 heavy (non-hydrogen) atoms. The second-order valence-electron chi connectivity index (χ2n) is 5.53. The molecule has 144 valence electrons. The average Bonchev–Trinajstić information content (AvgIpc) is 2.54. The third kappa shape index (κ3) is 5.47. The first-order valence-corrected chi connectivity index (χ1v) is 7.31. The van der Waals surface area contributed by atoms with Crippen LogP contribution in [-0.2, 0) is 24.2 Å². The van der Waals surface area contributed by atoms with Crippen molar-refractivity contribution in [3.8, 4) is 0 Å². The third-order valence-electron chi connectivity index (χ3n) is 3.39. The molecule has 0 saturated carbocycles. The van der Waals surface area contributed by atoms with Crippen LogP contribution in [0.5, 0.6) is 0 Å². The van der Waals surface area contributed by atoms with E-state index >= 15 is 0 Å². The molecule has 10 heteroatoms. The average molecular weight is 390 g/mol. The monoisotopic (exact) mass is 390 g/mol. The second kappa shape index (κ2) is 7.29. The zero-order valence-corrected chi connectivity index (χ0v) is 13.7. The van der Waals surface area contributed by atoms with E-state index in [9.17, 15) is 35.9 Å². The van der Waals surface area contributed by atoms with Crippen LogP contribution < -0.4 is 10.9 Å². The van der Waals surface area contributed by atoms with Crippen LogP contribution in [0.25, 0.3) is 6.08 Å². The molecule has 1 N–H and O–H groups in total. The van der Waals surface area contributed by atoms with Crippen molar-refractivity contribution in [1.29, 1.82) is 0 Å². The molecule has 0 saturated heterocycles. The van der Waals surface area contributed by atoms with Crippen molar-refractivity contribution in [1.82, 2.24) is 4.57 Å². The van der Waals surface area contributed by atoms with E-state index in [1.807, 2.05) is 0 Å². The summed E-state index contributed by atoms with van der Waals surface area (Å²) in [5.41, 5.74) is -3.49. The number of halogens is 6. The van der Waals surface area contributed by atoms with E-state index in [2.05, 4.69) is 5.32 Å². The number of hydrogen-bond acceptors (Lipinski definition) is 2. The van der Waals surface area contributed by atoms with Gasteiger partial charge in [-0.25, -0.2) is 0 Å². The lowest BCUT2D eigenvalue weighted by atomic mass is 10.0. The molecule has 0 aliphatic rings. The Balaban J connectivity index is 2.27. The van der Waals surface area contributed by atoms with Gasteiger partial charge in [0.25, 0.3) is 0 Å². The summed E-state index contributed by atoms with van der Waals surface area (Å²) >= 11 is 0. The van der Waals surface area contributed by atoms with Crippen LogP contribution in [0, 0.1) is 0 Å². The molecule has 0 radical (unpaired) electrons. The molecule has 1 aromatic carbocycles. The van der Waals surface area contributed by atoms with Gasteiger partial charge >= 0.3 is 12.4 Å².